The normalized spacial score (nSPS) is 14.6. The van der Waals surface area contributed by atoms with E-state index in [1.807, 2.05) is 0 Å². The first-order valence-corrected chi connectivity index (χ1v) is 12.0. The molecule has 2 N–H and O–H groups in total. The van der Waals surface area contributed by atoms with Crippen LogP contribution < -0.4 is 10.4 Å². The summed E-state index contributed by atoms with van der Waals surface area (Å²) in [6.07, 6.45) is -10.2. The summed E-state index contributed by atoms with van der Waals surface area (Å²) in [5.41, 5.74) is -6.95. The monoisotopic (exact) mass is 603 g/mol. The molecule has 0 amide bonds. The summed E-state index contributed by atoms with van der Waals surface area (Å²) in [6, 6.07) is 7.97. The molecule has 0 aliphatic rings. The molecule has 0 spiro atoms. The molecule has 0 bridgehead atoms. The van der Waals surface area contributed by atoms with Gasteiger partial charge in [-0.1, -0.05) is 30.7 Å². The number of nitrogens with zero attached hydrogens (tertiary/aromatic N) is 3. The van der Waals surface area contributed by atoms with E-state index in [1.54, 1.807) is 0 Å². The number of carboxylic acid groups (broad SMARTS) is 1. The lowest BCUT2D eigenvalue weighted by Gasteiger charge is -2.37. The van der Waals surface area contributed by atoms with Crippen molar-refractivity contribution in [3.63, 3.8) is 0 Å². The van der Waals surface area contributed by atoms with Crippen molar-refractivity contribution in [2.24, 2.45) is 14.1 Å². The number of carbonyl (C=O) groups is 1. The van der Waals surface area contributed by atoms with Gasteiger partial charge in [0.1, 0.15) is 5.75 Å². The predicted molar refractivity (Wildman–Crippen MR) is 134 cm³/mol. The molecule has 41 heavy (non-hydrogen) atoms. The smallest absolute Gasteiger partial charge is 0.422 e. The van der Waals surface area contributed by atoms with Crippen LogP contribution in [0.25, 0.3) is 11.0 Å². The van der Waals surface area contributed by atoms with Crippen LogP contribution in [0.4, 0.5) is 26.3 Å². The van der Waals surface area contributed by atoms with Crippen LogP contribution in [-0.4, -0.2) is 36.5 Å². The molecule has 15 heteroatoms. The number of aromatic carboxylic acids is 1. The summed E-state index contributed by atoms with van der Waals surface area (Å²) in [6.45, 7) is 1.10. The maximum Gasteiger partial charge on any atom is 0.422 e. The Morgan fingerprint density at radius 1 is 0.976 bits per heavy atom. The number of pyridine rings is 1. The van der Waals surface area contributed by atoms with Crippen molar-refractivity contribution in [2.75, 3.05) is 0 Å². The molecule has 0 saturated heterocycles. The van der Waals surface area contributed by atoms with E-state index in [9.17, 15) is 41.0 Å². The van der Waals surface area contributed by atoms with Gasteiger partial charge in [-0.05, 0) is 41.5 Å². The Morgan fingerprint density at radius 3 is 2.17 bits per heavy atom. The number of hydrogen-bond donors (Lipinski definition) is 2. The number of halogens is 7. The molecule has 0 aliphatic heterocycles. The molecular formula is C26H20ClF6N3O5. The maximum atomic E-state index is 14.5. The predicted octanol–water partition coefficient (Wildman–Crippen LogP) is 5.99. The van der Waals surface area contributed by atoms with Crippen LogP contribution in [0.5, 0.6) is 11.6 Å². The van der Waals surface area contributed by atoms with Gasteiger partial charge in [0, 0.05) is 31.1 Å². The van der Waals surface area contributed by atoms with Crippen LogP contribution in [-0.2, 0) is 25.9 Å². The second kappa shape index (κ2) is 10.1. The summed E-state index contributed by atoms with van der Waals surface area (Å²) < 4.78 is 90.5. The van der Waals surface area contributed by atoms with Gasteiger partial charge in [-0.25, -0.2) is 14.6 Å². The minimum atomic E-state index is -5.20. The van der Waals surface area contributed by atoms with Crippen LogP contribution in [0, 0.1) is 0 Å². The summed E-state index contributed by atoms with van der Waals surface area (Å²) in [5.74, 6) is -4.37. The second-order valence-electron chi connectivity index (χ2n) is 9.22. The number of rotatable bonds is 6. The third-order valence-corrected chi connectivity index (χ3v) is 7.14. The van der Waals surface area contributed by atoms with Crippen LogP contribution in [0.15, 0.2) is 53.3 Å². The van der Waals surface area contributed by atoms with Gasteiger partial charge in [-0.15, -0.1) is 0 Å². The third-order valence-electron chi connectivity index (χ3n) is 6.81. The number of imidazole rings is 1. The van der Waals surface area contributed by atoms with Crippen molar-refractivity contribution in [2.45, 2.75) is 30.8 Å². The SMILES string of the molecule is CC(c1ccc(Oc2ccc(C(F)(F)F)c(C(=O)O)n2)cc1Cl)C(O)(c1ccc2c(c1)n(C)c(=O)n2C)C(F)(F)F. The van der Waals surface area contributed by atoms with E-state index in [4.69, 9.17) is 21.4 Å². The molecule has 0 aliphatic carbocycles. The van der Waals surface area contributed by atoms with Crippen LogP contribution in [0.2, 0.25) is 5.02 Å². The van der Waals surface area contributed by atoms with Crippen molar-refractivity contribution in [3.05, 3.63) is 86.4 Å². The van der Waals surface area contributed by atoms with Gasteiger partial charge in [-0.2, -0.15) is 26.3 Å². The highest BCUT2D eigenvalue weighted by molar-refractivity contribution is 6.31. The fraction of sp³-hybridized carbons (Fsp3) is 0.269. The molecule has 4 rings (SSSR count). The van der Waals surface area contributed by atoms with E-state index in [2.05, 4.69) is 4.98 Å². The average molecular weight is 604 g/mol. The van der Waals surface area contributed by atoms with E-state index in [-0.39, 0.29) is 21.9 Å². The first kappa shape index (κ1) is 29.9. The van der Waals surface area contributed by atoms with Crippen molar-refractivity contribution in [1.82, 2.24) is 14.1 Å². The van der Waals surface area contributed by atoms with Crippen LogP contribution in [0.3, 0.4) is 0 Å². The number of hydrogen-bond acceptors (Lipinski definition) is 5. The molecule has 2 aromatic carbocycles. The molecule has 2 atom stereocenters. The number of benzene rings is 2. The Morgan fingerprint density at radius 2 is 1.61 bits per heavy atom. The lowest BCUT2D eigenvalue weighted by molar-refractivity contribution is -0.274. The first-order valence-electron chi connectivity index (χ1n) is 11.6. The number of fused-ring (bicyclic) bond motifs is 1. The highest BCUT2D eigenvalue weighted by atomic mass is 35.5. The zero-order valence-corrected chi connectivity index (χ0v) is 22.1. The lowest BCUT2D eigenvalue weighted by Crippen LogP contribution is -2.46. The minimum Gasteiger partial charge on any atom is -0.476 e. The van der Waals surface area contributed by atoms with E-state index in [1.165, 1.54) is 24.7 Å². The molecule has 0 saturated carbocycles. The number of ether oxygens (including phenoxy) is 1. The molecule has 0 radical (unpaired) electrons. The van der Waals surface area contributed by atoms with E-state index in [0.29, 0.717) is 11.6 Å². The van der Waals surface area contributed by atoms with Gasteiger partial charge in [0.2, 0.25) is 5.88 Å². The molecule has 2 aromatic heterocycles. The second-order valence-corrected chi connectivity index (χ2v) is 9.63. The Kier molecular flexibility index (Phi) is 7.37. The van der Waals surface area contributed by atoms with E-state index < -0.39 is 58.2 Å². The van der Waals surface area contributed by atoms with Crippen molar-refractivity contribution in [3.8, 4) is 11.6 Å². The summed E-state index contributed by atoms with van der Waals surface area (Å²) in [7, 11) is 2.83. The first-order chi connectivity index (χ1) is 18.9. The summed E-state index contributed by atoms with van der Waals surface area (Å²) in [5, 5.41) is 20.0. The van der Waals surface area contributed by atoms with E-state index >= 15 is 0 Å². The van der Waals surface area contributed by atoms with Crippen molar-refractivity contribution < 1.29 is 46.1 Å². The molecule has 2 heterocycles. The zero-order valence-electron chi connectivity index (χ0n) is 21.3. The number of aliphatic hydroxyl groups is 1. The molecule has 0 fully saturated rings. The van der Waals surface area contributed by atoms with Crippen molar-refractivity contribution >= 4 is 28.6 Å². The fourth-order valence-electron chi connectivity index (χ4n) is 4.56. The lowest BCUT2D eigenvalue weighted by atomic mass is 9.77. The number of alkyl halides is 6. The van der Waals surface area contributed by atoms with Crippen molar-refractivity contribution in [1.29, 1.82) is 0 Å². The Hall–Kier alpha value is -4.04. The van der Waals surface area contributed by atoms with Gasteiger partial charge in [0.25, 0.3) is 0 Å². The molecule has 8 nitrogen and oxygen atoms in total. The fourth-order valence-corrected chi connectivity index (χ4v) is 4.90. The number of carboxylic acids is 1. The van der Waals surface area contributed by atoms with Gasteiger partial charge in [0.05, 0.1) is 16.6 Å². The average Bonchev–Trinajstić information content (AvgIpc) is 3.10. The maximum absolute atomic E-state index is 14.5. The zero-order chi connectivity index (χ0) is 30.7. The summed E-state index contributed by atoms with van der Waals surface area (Å²) >= 11 is 6.27. The topological polar surface area (TPSA) is 107 Å². The van der Waals surface area contributed by atoms with E-state index in [0.717, 1.165) is 47.9 Å². The van der Waals surface area contributed by atoms with Crippen LogP contribution >= 0.6 is 11.6 Å². The molecule has 218 valence electrons. The Labute approximate surface area is 232 Å². The van der Waals surface area contributed by atoms with Gasteiger partial charge < -0.3 is 14.9 Å². The molecular weight excluding hydrogens is 584 g/mol. The highest BCUT2D eigenvalue weighted by Crippen LogP contribution is 2.50. The van der Waals surface area contributed by atoms with Gasteiger partial charge in [0.15, 0.2) is 11.3 Å². The summed E-state index contributed by atoms with van der Waals surface area (Å²) in [4.78, 5) is 26.9. The Bertz CT molecular complexity index is 1730. The number of aryl methyl sites for hydroxylation is 2. The highest BCUT2D eigenvalue weighted by Gasteiger charge is 2.59. The molecule has 2 unspecified atom stereocenters. The molecule has 4 aromatic rings. The van der Waals surface area contributed by atoms with Crippen LogP contribution in [0.1, 0.15) is 40.0 Å². The standard InChI is InChI=1S/C26H20ClF6N3O5/c1-12(24(40,26(31,32)33)13-4-8-18-19(10-13)36(3)23(39)35(18)2)15-6-5-14(11-17(15)27)41-20-9-7-16(25(28,29)30)21(34-20)22(37)38/h4-12,40H,1-3H3,(H,37,38). The van der Waals surface area contributed by atoms with Gasteiger partial charge in [-0.3, -0.25) is 9.13 Å². The third kappa shape index (κ3) is 5.12. The quantitative estimate of drug-likeness (QED) is 0.262. The number of aromatic nitrogens is 3. The van der Waals surface area contributed by atoms with Gasteiger partial charge >= 0.3 is 24.0 Å². The Balaban J connectivity index is 1.72. The minimum absolute atomic E-state index is 0.157. The largest absolute Gasteiger partial charge is 0.476 e.